The number of nitrogens with two attached hydrogens (primary N) is 1. The highest BCUT2D eigenvalue weighted by Gasteiger charge is 2.34. The number of rotatable bonds is 2. The maximum atomic E-state index is 6.05. The topological polar surface area (TPSA) is 32.5 Å². The first-order valence-corrected chi connectivity index (χ1v) is 9.27. The molecule has 122 valence electrons. The minimum Gasteiger partial charge on any atom is -0.328 e. The molecule has 0 amide bonds. The Kier molecular flexibility index (Phi) is 4.92. The van der Waals surface area contributed by atoms with Gasteiger partial charge in [-0.15, -0.1) is 0 Å². The molecule has 0 radical (unpaired) electrons. The summed E-state index contributed by atoms with van der Waals surface area (Å²) in [5.74, 6) is 0. The third-order valence-electron chi connectivity index (χ3n) is 6.35. The second-order valence-electron chi connectivity index (χ2n) is 8.56. The maximum absolute atomic E-state index is 6.05. The fraction of sp³-hybridized carbons (Fsp3) is 1.00. The molecule has 0 aromatic heterocycles. The van der Waals surface area contributed by atoms with Gasteiger partial charge < -0.3 is 5.73 Å². The number of nitrogens with zero attached hydrogens (tertiary/aromatic N) is 2. The zero-order valence-electron chi connectivity index (χ0n) is 14.2. The van der Waals surface area contributed by atoms with E-state index < -0.39 is 0 Å². The van der Waals surface area contributed by atoms with Crippen molar-refractivity contribution < 1.29 is 0 Å². The van der Waals surface area contributed by atoms with E-state index in [2.05, 4.69) is 23.6 Å². The van der Waals surface area contributed by atoms with Crippen LogP contribution in [0.25, 0.3) is 0 Å². The predicted molar refractivity (Wildman–Crippen MR) is 89.4 cm³/mol. The zero-order chi connectivity index (χ0) is 14.9. The lowest BCUT2D eigenvalue weighted by Gasteiger charge is -2.35. The fourth-order valence-electron chi connectivity index (χ4n) is 4.69. The number of hydrogen-bond acceptors (Lipinski definition) is 3. The van der Waals surface area contributed by atoms with Crippen molar-refractivity contribution in [3.8, 4) is 0 Å². The smallest absolute Gasteiger partial charge is 0.0235 e. The van der Waals surface area contributed by atoms with Crippen LogP contribution in [0, 0.1) is 5.41 Å². The van der Waals surface area contributed by atoms with Gasteiger partial charge in [-0.3, -0.25) is 9.80 Å². The van der Waals surface area contributed by atoms with Crippen LogP contribution in [0.5, 0.6) is 0 Å². The van der Waals surface area contributed by atoms with E-state index in [-0.39, 0.29) is 0 Å². The van der Waals surface area contributed by atoms with Crippen molar-refractivity contribution in [3.63, 3.8) is 0 Å². The Hall–Kier alpha value is -0.120. The summed E-state index contributed by atoms with van der Waals surface area (Å²) < 4.78 is 0. The molecule has 2 atom stereocenters. The molecule has 3 heteroatoms. The molecule has 1 aliphatic carbocycles. The van der Waals surface area contributed by atoms with Crippen molar-refractivity contribution in [1.29, 1.82) is 0 Å². The number of likely N-dealkylation sites (tertiary alicyclic amines) is 2. The van der Waals surface area contributed by atoms with Gasteiger partial charge in [0.25, 0.3) is 0 Å². The molecular weight excluding hydrogens is 258 g/mol. The first kappa shape index (κ1) is 15.8. The Bertz CT molecular complexity index is 333. The van der Waals surface area contributed by atoms with Crippen LogP contribution in [-0.4, -0.2) is 54.1 Å². The van der Waals surface area contributed by atoms with Crippen molar-refractivity contribution in [3.05, 3.63) is 0 Å². The van der Waals surface area contributed by atoms with Crippen molar-refractivity contribution in [2.24, 2.45) is 11.1 Å². The maximum Gasteiger partial charge on any atom is 0.0235 e. The van der Waals surface area contributed by atoms with Crippen LogP contribution in [0.1, 0.15) is 65.2 Å². The van der Waals surface area contributed by atoms with Crippen LogP contribution in [-0.2, 0) is 0 Å². The highest BCUT2D eigenvalue weighted by atomic mass is 15.3. The molecule has 3 aliphatic rings. The van der Waals surface area contributed by atoms with Crippen LogP contribution >= 0.6 is 0 Å². The van der Waals surface area contributed by atoms with Gasteiger partial charge in [0.15, 0.2) is 0 Å². The Morgan fingerprint density at radius 2 is 1.52 bits per heavy atom. The predicted octanol–water partition coefficient (Wildman–Crippen LogP) is 2.84. The van der Waals surface area contributed by atoms with Crippen LogP contribution in [0.3, 0.4) is 0 Å². The summed E-state index contributed by atoms with van der Waals surface area (Å²) in [6, 6.07) is 2.14. The van der Waals surface area contributed by atoms with E-state index in [1.165, 1.54) is 77.5 Å². The Labute approximate surface area is 131 Å². The van der Waals surface area contributed by atoms with Gasteiger partial charge in [0.1, 0.15) is 0 Å². The molecular formula is C18H35N3. The summed E-state index contributed by atoms with van der Waals surface area (Å²) >= 11 is 0. The van der Waals surface area contributed by atoms with Gasteiger partial charge >= 0.3 is 0 Å². The number of piperidine rings is 1. The van der Waals surface area contributed by atoms with Crippen LogP contribution in [0.15, 0.2) is 0 Å². The summed E-state index contributed by atoms with van der Waals surface area (Å²) in [6.07, 6.45) is 10.9. The molecule has 2 aliphatic heterocycles. The van der Waals surface area contributed by atoms with Crippen molar-refractivity contribution in [2.75, 3.05) is 26.2 Å². The highest BCUT2D eigenvalue weighted by Crippen LogP contribution is 2.36. The molecule has 1 saturated carbocycles. The molecule has 3 rings (SSSR count). The summed E-state index contributed by atoms with van der Waals surface area (Å²) in [4.78, 5) is 5.55. The third kappa shape index (κ3) is 4.00. The van der Waals surface area contributed by atoms with E-state index in [0.29, 0.717) is 11.5 Å². The van der Waals surface area contributed by atoms with E-state index in [4.69, 9.17) is 5.73 Å². The van der Waals surface area contributed by atoms with Crippen LogP contribution in [0.2, 0.25) is 0 Å². The molecule has 0 bridgehead atoms. The fourth-order valence-corrected chi connectivity index (χ4v) is 4.69. The normalized spacial score (nSPS) is 36.7. The molecule has 2 N–H and O–H groups in total. The Morgan fingerprint density at radius 3 is 2.29 bits per heavy atom. The van der Waals surface area contributed by atoms with Gasteiger partial charge in [0, 0.05) is 31.2 Å². The SMILES string of the molecule is CC1(C)CCCC(N2CCC(N3CCC(N)CC3)C2)CC1. The van der Waals surface area contributed by atoms with E-state index in [1.807, 2.05) is 0 Å². The molecule has 21 heavy (non-hydrogen) atoms. The quantitative estimate of drug-likeness (QED) is 0.795. The molecule has 0 spiro atoms. The molecule has 2 saturated heterocycles. The van der Waals surface area contributed by atoms with Crippen molar-refractivity contribution >= 4 is 0 Å². The van der Waals surface area contributed by atoms with Crippen LogP contribution < -0.4 is 5.73 Å². The average Bonchev–Trinajstić information content (AvgIpc) is 2.86. The van der Waals surface area contributed by atoms with E-state index in [9.17, 15) is 0 Å². The monoisotopic (exact) mass is 293 g/mol. The van der Waals surface area contributed by atoms with Gasteiger partial charge in [-0.2, -0.15) is 0 Å². The van der Waals surface area contributed by atoms with E-state index in [0.717, 1.165) is 12.1 Å². The van der Waals surface area contributed by atoms with Gasteiger partial charge in [-0.1, -0.05) is 20.3 Å². The van der Waals surface area contributed by atoms with Gasteiger partial charge in [-0.25, -0.2) is 0 Å². The van der Waals surface area contributed by atoms with Gasteiger partial charge in [0.2, 0.25) is 0 Å². The second-order valence-corrected chi connectivity index (χ2v) is 8.56. The Balaban J connectivity index is 1.50. The Morgan fingerprint density at radius 1 is 0.810 bits per heavy atom. The first-order valence-electron chi connectivity index (χ1n) is 9.27. The van der Waals surface area contributed by atoms with Crippen molar-refractivity contribution in [1.82, 2.24) is 9.80 Å². The standard InChI is InChI=1S/C18H35N3/c1-18(2)9-3-4-16(5-10-18)21-13-8-17(14-21)20-11-6-15(19)7-12-20/h15-17H,3-14,19H2,1-2H3. The van der Waals surface area contributed by atoms with Crippen molar-refractivity contribution in [2.45, 2.75) is 83.3 Å². The highest BCUT2D eigenvalue weighted by molar-refractivity contribution is 4.91. The average molecular weight is 293 g/mol. The molecule has 3 fully saturated rings. The third-order valence-corrected chi connectivity index (χ3v) is 6.35. The lowest BCUT2D eigenvalue weighted by Crippen LogP contribution is -2.46. The molecule has 3 nitrogen and oxygen atoms in total. The molecule has 0 aromatic carbocycles. The largest absolute Gasteiger partial charge is 0.328 e. The van der Waals surface area contributed by atoms with Crippen LogP contribution in [0.4, 0.5) is 0 Å². The lowest BCUT2D eigenvalue weighted by molar-refractivity contribution is 0.139. The molecule has 0 aromatic rings. The minimum atomic E-state index is 0.461. The molecule has 2 heterocycles. The number of hydrogen-bond donors (Lipinski definition) is 1. The summed E-state index contributed by atoms with van der Waals surface area (Å²) in [6.45, 7) is 10.0. The second kappa shape index (κ2) is 6.55. The van der Waals surface area contributed by atoms with E-state index >= 15 is 0 Å². The minimum absolute atomic E-state index is 0.461. The first-order chi connectivity index (χ1) is 10.0. The molecule has 2 unspecified atom stereocenters. The zero-order valence-corrected chi connectivity index (χ0v) is 14.2. The summed E-state index contributed by atoms with van der Waals surface area (Å²) in [5.41, 5.74) is 6.63. The van der Waals surface area contributed by atoms with Gasteiger partial charge in [0.05, 0.1) is 0 Å². The summed E-state index contributed by atoms with van der Waals surface area (Å²) in [5, 5.41) is 0. The lowest BCUT2D eigenvalue weighted by atomic mass is 9.85. The summed E-state index contributed by atoms with van der Waals surface area (Å²) in [7, 11) is 0. The van der Waals surface area contributed by atoms with E-state index in [1.54, 1.807) is 0 Å². The van der Waals surface area contributed by atoms with Gasteiger partial charge in [-0.05, 0) is 63.5 Å².